The van der Waals surface area contributed by atoms with Gasteiger partial charge < -0.3 is 19.4 Å². The van der Waals surface area contributed by atoms with Crippen LogP contribution in [0.2, 0.25) is 0 Å². The van der Waals surface area contributed by atoms with Gasteiger partial charge in [0.05, 0.1) is 14.2 Å². The normalized spacial score (nSPS) is 10.6. The van der Waals surface area contributed by atoms with E-state index in [-0.39, 0.29) is 0 Å². The monoisotopic (exact) mass is 289 g/mol. The summed E-state index contributed by atoms with van der Waals surface area (Å²) in [5.74, 6) is 2.60. The van der Waals surface area contributed by atoms with Crippen molar-refractivity contribution in [1.82, 2.24) is 14.9 Å². The van der Waals surface area contributed by atoms with Crippen LogP contribution in [0.3, 0.4) is 0 Å². The third-order valence-electron chi connectivity index (χ3n) is 3.49. The van der Waals surface area contributed by atoms with Crippen LogP contribution in [0.5, 0.6) is 11.5 Å². The lowest BCUT2D eigenvalue weighted by atomic mass is 10.1. The molecule has 0 bridgehead atoms. The molecule has 0 saturated heterocycles. The first kappa shape index (κ1) is 15.4. The van der Waals surface area contributed by atoms with Crippen molar-refractivity contribution in [2.75, 3.05) is 27.3 Å². The smallest absolute Gasteiger partial charge is 0.160 e. The molecule has 0 saturated carbocycles. The Morgan fingerprint density at radius 3 is 2.62 bits per heavy atom. The Kier molecular flexibility index (Phi) is 5.63. The lowest BCUT2D eigenvalue weighted by Crippen LogP contribution is -2.22. The quantitative estimate of drug-likeness (QED) is 0.756. The van der Waals surface area contributed by atoms with Gasteiger partial charge in [-0.05, 0) is 37.6 Å². The second-order valence-corrected chi connectivity index (χ2v) is 4.86. The summed E-state index contributed by atoms with van der Waals surface area (Å²) in [7, 11) is 3.31. The molecule has 1 heterocycles. The van der Waals surface area contributed by atoms with Gasteiger partial charge in [0, 0.05) is 25.5 Å². The average molecular weight is 289 g/mol. The lowest BCUT2D eigenvalue weighted by molar-refractivity contribution is 0.354. The number of aryl methyl sites for hydroxylation is 1. The van der Waals surface area contributed by atoms with Gasteiger partial charge in [0.2, 0.25) is 0 Å². The number of rotatable bonds is 8. The van der Waals surface area contributed by atoms with E-state index in [1.54, 1.807) is 14.2 Å². The molecule has 0 spiro atoms. The van der Waals surface area contributed by atoms with Crippen molar-refractivity contribution >= 4 is 0 Å². The molecule has 21 heavy (non-hydrogen) atoms. The molecule has 5 heteroatoms. The van der Waals surface area contributed by atoms with Gasteiger partial charge in [0.1, 0.15) is 5.82 Å². The minimum atomic E-state index is 0.768. The molecule has 2 aromatic rings. The largest absolute Gasteiger partial charge is 0.493 e. The molecule has 0 amide bonds. The summed E-state index contributed by atoms with van der Waals surface area (Å²) >= 11 is 0. The zero-order valence-corrected chi connectivity index (χ0v) is 12.9. The van der Waals surface area contributed by atoms with Crippen LogP contribution in [0.15, 0.2) is 30.6 Å². The number of hydrogen-bond donors (Lipinski definition) is 1. The summed E-state index contributed by atoms with van der Waals surface area (Å²) in [6, 6.07) is 6.05. The van der Waals surface area contributed by atoms with Crippen LogP contribution in [0, 0.1) is 6.92 Å². The van der Waals surface area contributed by atoms with Gasteiger partial charge in [0.25, 0.3) is 0 Å². The van der Waals surface area contributed by atoms with E-state index < -0.39 is 0 Å². The Labute approximate surface area is 125 Å². The maximum Gasteiger partial charge on any atom is 0.160 e. The predicted molar refractivity (Wildman–Crippen MR) is 83.1 cm³/mol. The van der Waals surface area contributed by atoms with Crippen molar-refractivity contribution in [1.29, 1.82) is 0 Å². The van der Waals surface area contributed by atoms with Crippen molar-refractivity contribution < 1.29 is 9.47 Å². The molecular weight excluding hydrogens is 266 g/mol. The highest BCUT2D eigenvalue weighted by Gasteiger charge is 2.04. The van der Waals surface area contributed by atoms with Gasteiger partial charge in [0.15, 0.2) is 11.5 Å². The molecule has 0 atom stereocenters. The number of hydrogen-bond acceptors (Lipinski definition) is 4. The number of benzene rings is 1. The van der Waals surface area contributed by atoms with Gasteiger partial charge in [-0.2, -0.15) is 0 Å². The average Bonchev–Trinajstić information content (AvgIpc) is 2.92. The first-order valence-corrected chi connectivity index (χ1v) is 7.14. The maximum absolute atomic E-state index is 5.31. The van der Waals surface area contributed by atoms with E-state index in [4.69, 9.17) is 9.47 Å². The minimum Gasteiger partial charge on any atom is -0.493 e. The van der Waals surface area contributed by atoms with Crippen molar-refractivity contribution in [2.24, 2.45) is 0 Å². The molecule has 0 radical (unpaired) electrons. The number of imidazole rings is 1. The molecular formula is C16H23N3O2. The third kappa shape index (κ3) is 4.23. The second kappa shape index (κ2) is 7.69. The molecule has 0 aliphatic rings. The van der Waals surface area contributed by atoms with Gasteiger partial charge in [-0.3, -0.25) is 0 Å². The molecule has 0 fully saturated rings. The zero-order chi connectivity index (χ0) is 15.1. The zero-order valence-electron chi connectivity index (χ0n) is 12.9. The van der Waals surface area contributed by atoms with E-state index in [1.807, 2.05) is 31.5 Å². The summed E-state index contributed by atoms with van der Waals surface area (Å²) in [6.07, 6.45) is 4.80. The fourth-order valence-corrected chi connectivity index (χ4v) is 2.23. The predicted octanol–water partition coefficient (Wildman–Crippen LogP) is 2.04. The SMILES string of the molecule is COc1ccc(CCNCCn2ccnc2C)cc1OC. The molecule has 1 aromatic heterocycles. The number of nitrogens with one attached hydrogen (secondary N) is 1. The Hall–Kier alpha value is -2.01. The topological polar surface area (TPSA) is 48.3 Å². The Bertz CT molecular complexity index is 566. The van der Waals surface area contributed by atoms with E-state index in [2.05, 4.69) is 20.9 Å². The van der Waals surface area contributed by atoms with Crippen molar-refractivity contribution in [3.8, 4) is 11.5 Å². The Morgan fingerprint density at radius 2 is 1.95 bits per heavy atom. The van der Waals surface area contributed by atoms with E-state index in [1.165, 1.54) is 5.56 Å². The fraction of sp³-hybridized carbons (Fsp3) is 0.438. The Morgan fingerprint density at radius 1 is 1.14 bits per heavy atom. The summed E-state index contributed by atoms with van der Waals surface area (Å²) in [4.78, 5) is 4.21. The first-order valence-electron chi connectivity index (χ1n) is 7.14. The van der Waals surface area contributed by atoms with Gasteiger partial charge in [-0.15, -0.1) is 0 Å². The van der Waals surface area contributed by atoms with Crippen molar-refractivity contribution in [3.05, 3.63) is 42.0 Å². The molecule has 114 valence electrons. The van der Waals surface area contributed by atoms with Crippen LogP contribution in [-0.4, -0.2) is 36.9 Å². The lowest BCUT2D eigenvalue weighted by Gasteiger charge is -2.10. The van der Waals surface area contributed by atoms with Crippen molar-refractivity contribution in [3.63, 3.8) is 0 Å². The summed E-state index contributed by atoms with van der Waals surface area (Å²) in [5, 5.41) is 3.44. The van der Waals surface area contributed by atoms with Gasteiger partial charge >= 0.3 is 0 Å². The van der Waals surface area contributed by atoms with E-state index in [0.29, 0.717) is 0 Å². The van der Waals surface area contributed by atoms with Gasteiger partial charge in [-0.1, -0.05) is 6.07 Å². The highest BCUT2D eigenvalue weighted by Crippen LogP contribution is 2.27. The van der Waals surface area contributed by atoms with Crippen LogP contribution < -0.4 is 14.8 Å². The van der Waals surface area contributed by atoms with Crippen LogP contribution in [0.1, 0.15) is 11.4 Å². The number of aromatic nitrogens is 2. The van der Waals surface area contributed by atoms with Gasteiger partial charge in [-0.25, -0.2) is 4.98 Å². The standard InChI is InChI=1S/C16H23N3O2/c1-13-18-9-11-19(13)10-8-17-7-6-14-4-5-15(20-2)16(12-14)21-3/h4-5,9,11-12,17H,6-8,10H2,1-3H3. The molecule has 1 aromatic carbocycles. The van der Waals surface area contributed by atoms with Crippen LogP contribution >= 0.6 is 0 Å². The van der Waals surface area contributed by atoms with Crippen LogP contribution in [0.25, 0.3) is 0 Å². The van der Waals surface area contributed by atoms with E-state index >= 15 is 0 Å². The molecule has 0 unspecified atom stereocenters. The Balaban J connectivity index is 1.74. The van der Waals surface area contributed by atoms with Crippen LogP contribution in [0.4, 0.5) is 0 Å². The molecule has 0 aliphatic carbocycles. The third-order valence-corrected chi connectivity index (χ3v) is 3.49. The maximum atomic E-state index is 5.31. The second-order valence-electron chi connectivity index (χ2n) is 4.86. The van der Waals surface area contributed by atoms with Crippen LogP contribution in [-0.2, 0) is 13.0 Å². The number of ether oxygens (including phenoxy) is 2. The molecule has 5 nitrogen and oxygen atoms in total. The highest BCUT2D eigenvalue weighted by atomic mass is 16.5. The summed E-state index contributed by atoms with van der Waals surface area (Å²) in [6.45, 7) is 4.83. The molecule has 0 aliphatic heterocycles. The summed E-state index contributed by atoms with van der Waals surface area (Å²) in [5.41, 5.74) is 1.24. The molecule has 2 rings (SSSR count). The fourth-order valence-electron chi connectivity index (χ4n) is 2.23. The first-order chi connectivity index (χ1) is 10.2. The van der Waals surface area contributed by atoms with E-state index in [9.17, 15) is 0 Å². The minimum absolute atomic E-state index is 0.768. The number of nitrogens with zero attached hydrogens (tertiary/aromatic N) is 2. The molecule has 1 N–H and O–H groups in total. The highest BCUT2D eigenvalue weighted by molar-refractivity contribution is 5.42. The number of methoxy groups -OCH3 is 2. The van der Waals surface area contributed by atoms with E-state index in [0.717, 1.165) is 43.4 Å². The summed E-state index contributed by atoms with van der Waals surface area (Å²) < 4.78 is 12.7. The van der Waals surface area contributed by atoms with Crippen molar-refractivity contribution in [2.45, 2.75) is 19.9 Å².